The molecular formula is C37H41NO9. The molecule has 2 aromatic carbocycles. The molecule has 3 fully saturated rings. The van der Waals surface area contributed by atoms with Crippen LogP contribution in [0.3, 0.4) is 0 Å². The highest BCUT2D eigenvalue weighted by Gasteiger charge is 2.62. The first kappa shape index (κ1) is 33.6. The lowest BCUT2D eigenvalue weighted by Gasteiger charge is -2.59. The van der Waals surface area contributed by atoms with Gasteiger partial charge in [-0.15, -0.1) is 0 Å². The summed E-state index contributed by atoms with van der Waals surface area (Å²) in [6.45, 7) is 11.6. The van der Waals surface area contributed by atoms with E-state index in [2.05, 4.69) is 18.8 Å². The van der Waals surface area contributed by atoms with Crippen LogP contribution in [0.4, 0.5) is 5.69 Å². The van der Waals surface area contributed by atoms with E-state index in [0.29, 0.717) is 37.8 Å². The number of amides is 1. The molecule has 0 aromatic heterocycles. The van der Waals surface area contributed by atoms with Gasteiger partial charge in [0, 0.05) is 12.6 Å². The van der Waals surface area contributed by atoms with Crippen molar-refractivity contribution in [1.29, 1.82) is 0 Å². The number of aromatic carboxylic acids is 1. The fourth-order valence-electron chi connectivity index (χ4n) is 7.92. The Labute approximate surface area is 274 Å². The van der Waals surface area contributed by atoms with Crippen molar-refractivity contribution in [1.82, 2.24) is 0 Å². The van der Waals surface area contributed by atoms with Gasteiger partial charge in [0.15, 0.2) is 6.10 Å². The number of cyclic esters (lactones) is 1. The summed E-state index contributed by atoms with van der Waals surface area (Å²) in [6.07, 6.45) is 2.90. The molecular weight excluding hydrogens is 602 g/mol. The fraction of sp³-hybridized carbons (Fsp3) is 0.432. The van der Waals surface area contributed by atoms with Gasteiger partial charge in [-0.3, -0.25) is 9.59 Å². The third-order valence-electron chi connectivity index (χ3n) is 10.4. The molecule has 1 aliphatic heterocycles. The first-order chi connectivity index (χ1) is 22.2. The number of ether oxygens (including phenoxy) is 3. The summed E-state index contributed by atoms with van der Waals surface area (Å²) < 4.78 is 16.7. The maximum absolute atomic E-state index is 14.2. The van der Waals surface area contributed by atoms with E-state index in [1.807, 2.05) is 38.1 Å². The zero-order chi connectivity index (χ0) is 34.1. The van der Waals surface area contributed by atoms with Gasteiger partial charge in [0.2, 0.25) is 5.91 Å². The smallest absolute Gasteiger partial charge is 0.339 e. The van der Waals surface area contributed by atoms with Crippen LogP contribution in [-0.2, 0) is 28.6 Å². The summed E-state index contributed by atoms with van der Waals surface area (Å²) in [4.78, 5) is 63.9. The van der Waals surface area contributed by atoms with E-state index >= 15 is 0 Å². The molecule has 10 nitrogen and oxygen atoms in total. The zero-order valence-electron chi connectivity index (χ0n) is 27.2. The third-order valence-corrected chi connectivity index (χ3v) is 10.4. The van der Waals surface area contributed by atoms with Gasteiger partial charge in [0.25, 0.3) is 0 Å². The molecule has 5 rings (SSSR count). The quantitative estimate of drug-likeness (QED) is 0.152. The van der Waals surface area contributed by atoms with Crippen LogP contribution in [0.2, 0.25) is 0 Å². The average Bonchev–Trinajstić information content (AvgIpc) is 3.37. The maximum Gasteiger partial charge on any atom is 0.339 e. The van der Waals surface area contributed by atoms with E-state index in [1.54, 1.807) is 6.08 Å². The molecule has 1 amide bonds. The number of rotatable bonds is 8. The van der Waals surface area contributed by atoms with E-state index in [-0.39, 0.29) is 41.0 Å². The maximum atomic E-state index is 14.2. The van der Waals surface area contributed by atoms with Crippen molar-refractivity contribution in [3.8, 4) is 0 Å². The van der Waals surface area contributed by atoms with Gasteiger partial charge in [-0.2, -0.15) is 0 Å². The lowest BCUT2D eigenvalue weighted by atomic mass is 9.45. The summed E-state index contributed by atoms with van der Waals surface area (Å²) in [5, 5.41) is 12.6. The summed E-state index contributed by atoms with van der Waals surface area (Å²) in [6, 6.07) is 13.2. The number of nitrogens with one attached hydrogen (secondary N) is 1. The molecule has 0 spiro atoms. The normalized spacial score (nSPS) is 29.4. The predicted octanol–water partition coefficient (Wildman–Crippen LogP) is 6.05. The van der Waals surface area contributed by atoms with Crippen molar-refractivity contribution in [3.05, 3.63) is 89.0 Å². The number of carboxylic acids is 1. The fourth-order valence-corrected chi connectivity index (χ4v) is 7.92. The van der Waals surface area contributed by atoms with Gasteiger partial charge < -0.3 is 24.6 Å². The zero-order valence-corrected chi connectivity index (χ0v) is 27.2. The summed E-state index contributed by atoms with van der Waals surface area (Å²) in [5.41, 5.74) is 1.06. The Bertz CT molecular complexity index is 1640. The SMILES string of the molecule is C=C1CC[C@H]2[C@@](C)(CC[C@@H](OC(C)=O)[C@@]2(C)C(=O)Nc2ccc(C)cc2)[C@@H]1C/C=C1/C(=O)OC[C@H]1OC(=O)c1ccccc1C(=O)O. The number of esters is 3. The average molecular weight is 644 g/mol. The third kappa shape index (κ3) is 6.46. The summed E-state index contributed by atoms with van der Waals surface area (Å²) in [7, 11) is 0. The lowest BCUT2D eigenvalue weighted by Crippen LogP contribution is -2.61. The highest BCUT2D eigenvalue weighted by Crippen LogP contribution is 2.62. The van der Waals surface area contributed by atoms with Gasteiger partial charge in [-0.25, -0.2) is 14.4 Å². The van der Waals surface area contributed by atoms with Crippen LogP contribution in [0.1, 0.15) is 79.2 Å². The first-order valence-electron chi connectivity index (χ1n) is 15.9. The van der Waals surface area contributed by atoms with E-state index in [9.17, 15) is 29.1 Å². The van der Waals surface area contributed by atoms with Crippen LogP contribution in [-0.4, -0.2) is 53.7 Å². The molecule has 3 aliphatic rings. The second-order valence-electron chi connectivity index (χ2n) is 13.3. The van der Waals surface area contributed by atoms with Gasteiger partial charge in [-0.05, 0) is 87.5 Å². The predicted molar refractivity (Wildman–Crippen MR) is 172 cm³/mol. The standard InChI is InChI=1S/C37H41NO9/c1-21-10-13-24(14-11-21)38-35(44)37(5)30-17-12-22(2)28(36(30,4)19-18-31(37)46-23(3)39)16-15-27-29(20-45-33(27)42)47-34(43)26-9-7-6-8-25(26)32(40)41/h6-11,13-15,28-31H,2,12,16-20H2,1,3-5H3,(H,38,44)(H,40,41)/b27-15+/t28-,29-,30+,31-,36+,37+/m1/s1. The molecule has 1 saturated heterocycles. The van der Waals surface area contributed by atoms with Gasteiger partial charge in [0.1, 0.15) is 12.7 Å². The summed E-state index contributed by atoms with van der Waals surface area (Å²) in [5.74, 6) is -3.75. The van der Waals surface area contributed by atoms with Crippen LogP contribution >= 0.6 is 0 Å². The van der Waals surface area contributed by atoms with Gasteiger partial charge >= 0.3 is 23.9 Å². The largest absolute Gasteiger partial charge is 0.478 e. The molecule has 0 radical (unpaired) electrons. The molecule has 2 aromatic rings. The molecule has 248 valence electrons. The van der Waals surface area contributed by atoms with Crippen LogP contribution in [0.25, 0.3) is 0 Å². The number of carbonyl (C=O) groups excluding carboxylic acids is 4. The minimum Gasteiger partial charge on any atom is -0.478 e. The molecule has 0 bridgehead atoms. The Hall–Kier alpha value is -4.73. The van der Waals surface area contributed by atoms with Crippen LogP contribution in [0, 0.1) is 29.6 Å². The Balaban J connectivity index is 1.42. The number of hydrogen-bond donors (Lipinski definition) is 2. The van der Waals surface area contributed by atoms with E-state index < -0.39 is 46.9 Å². The lowest BCUT2D eigenvalue weighted by molar-refractivity contribution is -0.181. The minimum absolute atomic E-state index is 0.123. The number of aryl methyl sites for hydroxylation is 1. The summed E-state index contributed by atoms with van der Waals surface area (Å²) >= 11 is 0. The second-order valence-corrected chi connectivity index (χ2v) is 13.3. The number of allylic oxidation sites excluding steroid dienone is 2. The topological polar surface area (TPSA) is 145 Å². The van der Waals surface area contributed by atoms with Gasteiger partial charge in [0.05, 0.1) is 22.1 Å². The van der Waals surface area contributed by atoms with Gasteiger partial charge in [-0.1, -0.05) is 55.0 Å². The van der Waals surface area contributed by atoms with Crippen LogP contribution < -0.4 is 5.32 Å². The molecule has 47 heavy (non-hydrogen) atoms. The van der Waals surface area contributed by atoms with Crippen molar-refractivity contribution >= 4 is 35.5 Å². The molecule has 0 unspecified atom stereocenters. The Morgan fingerprint density at radius 2 is 1.72 bits per heavy atom. The van der Waals surface area contributed by atoms with Crippen molar-refractivity contribution in [2.24, 2.45) is 22.7 Å². The number of carbonyl (C=O) groups is 5. The number of anilines is 1. The Morgan fingerprint density at radius 3 is 2.38 bits per heavy atom. The van der Waals surface area contributed by atoms with Crippen LogP contribution in [0.5, 0.6) is 0 Å². The second kappa shape index (κ2) is 13.2. The number of hydrogen-bond acceptors (Lipinski definition) is 8. The number of benzene rings is 2. The molecule has 2 aliphatic carbocycles. The highest BCUT2D eigenvalue weighted by atomic mass is 16.6. The van der Waals surface area contributed by atoms with E-state index in [0.717, 1.165) is 11.1 Å². The Morgan fingerprint density at radius 1 is 1.04 bits per heavy atom. The monoisotopic (exact) mass is 643 g/mol. The van der Waals surface area contributed by atoms with Crippen molar-refractivity contribution in [2.45, 2.75) is 72.0 Å². The molecule has 10 heteroatoms. The van der Waals surface area contributed by atoms with Crippen molar-refractivity contribution in [3.63, 3.8) is 0 Å². The number of fused-ring (bicyclic) bond motifs is 1. The highest BCUT2D eigenvalue weighted by molar-refractivity contribution is 6.03. The van der Waals surface area contributed by atoms with E-state index in [4.69, 9.17) is 14.2 Å². The first-order valence-corrected chi connectivity index (χ1v) is 15.9. The molecule has 2 saturated carbocycles. The van der Waals surface area contributed by atoms with E-state index in [1.165, 1.54) is 31.2 Å². The van der Waals surface area contributed by atoms with Crippen molar-refractivity contribution in [2.75, 3.05) is 11.9 Å². The Kier molecular flexibility index (Phi) is 9.43. The van der Waals surface area contributed by atoms with Crippen molar-refractivity contribution < 1.29 is 43.3 Å². The van der Waals surface area contributed by atoms with Crippen LogP contribution in [0.15, 0.2) is 72.3 Å². The molecule has 2 N–H and O–H groups in total. The minimum atomic E-state index is -1.27. The molecule has 1 heterocycles. The molecule has 6 atom stereocenters. The number of carboxylic acid groups (broad SMARTS) is 1.